The average molecular weight is 524 g/mol. The molecule has 38 heavy (non-hydrogen) atoms. The molecule has 202 valence electrons. The summed E-state index contributed by atoms with van der Waals surface area (Å²) >= 11 is 0. The molecule has 12 heteroatoms. The molecule has 1 aromatic carbocycles. The van der Waals surface area contributed by atoms with Gasteiger partial charge in [-0.05, 0) is 26.0 Å². The first-order valence-corrected chi connectivity index (χ1v) is 12.8. The second-order valence-electron chi connectivity index (χ2n) is 10.3. The van der Waals surface area contributed by atoms with Gasteiger partial charge in [-0.15, -0.1) is 0 Å². The summed E-state index contributed by atoms with van der Waals surface area (Å²) in [6.45, 7) is 4.45. The summed E-state index contributed by atoms with van der Waals surface area (Å²) in [4.78, 5) is 49.4. The molecular formula is C26H33N7O5. The summed E-state index contributed by atoms with van der Waals surface area (Å²) in [7, 11) is 2.91. The Hall–Kier alpha value is -3.77. The summed E-state index contributed by atoms with van der Waals surface area (Å²) in [6, 6.07) is 7.06. The minimum absolute atomic E-state index is 0.00116. The number of imidazole rings is 2. The van der Waals surface area contributed by atoms with E-state index in [1.165, 1.54) is 34.5 Å². The van der Waals surface area contributed by atoms with Crippen LogP contribution in [-0.2, 0) is 31.9 Å². The Morgan fingerprint density at radius 3 is 2.63 bits per heavy atom. The third-order valence-electron chi connectivity index (χ3n) is 7.67. The highest BCUT2D eigenvalue weighted by molar-refractivity contribution is 5.78. The van der Waals surface area contributed by atoms with Crippen LogP contribution in [0.15, 0.2) is 40.2 Å². The molecule has 5 rings (SSSR count). The van der Waals surface area contributed by atoms with Crippen molar-refractivity contribution in [1.82, 2.24) is 33.1 Å². The molecule has 0 radical (unpaired) electrons. The molecule has 4 heterocycles. The van der Waals surface area contributed by atoms with E-state index in [4.69, 9.17) is 4.98 Å². The summed E-state index contributed by atoms with van der Waals surface area (Å²) in [5, 5.41) is 22.1. The van der Waals surface area contributed by atoms with Crippen molar-refractivity contribution in [3.8, 4) is 0 Å². The number of para-hydroxylation sites is 2. The maximum Gasteiger partial charge on any atom is 0.332 e. The molecule has 3 atom stereocenters. The predicted octanol–water partition coefficient (Wildman–Crippen LogP) is 0.321. The number of aliphatic hydroxyl groups excluding tert-OH is 1. The Kier molecular flexibility index (Phi) is 6.48. The van der Waals surface area contributed by atoms with Crippen LogP contribution in [0, 0.1) is 0 Å². The third kappa shape index (κ3) is 4.23. The number of fused-ring (bicyclic) bond motifs is 2. The van der Waals surface area contributed by atoms with E-state index in [0.717, 1.165) is 28.0 Å². The number of carbonyl (C=O) groups is 1. The topological polar surface area (TPSA) is 140 Å². The van der Waals surface area contributed by atoms with Crippen LogP contribution in [0.3, 0.4) is 0 Å². The number of nitrogens with zero attached hydrogens (tertiary/aromatic N) is 7. The Bertz CT molecular complexity index is 1640. The van der Waals surface area contributed by atoms with Gasteiger partial charge in [-0.3, -0.25) is 18.7 Å². The molecule has 1 aliphatic heterocycles. The smallest absolute Gasteiger partial charge is 0.332 e. The van der Waals surface area contributed by atoms with E-state index in [1.54, 1.807) is 6.92 Å². The van der Waals surface area contributed by atoms with E-state index < -0.39 is 29.0 Å². The molecular weight excluding hydrogens is 490 g/mol. The van der Waals surface area contributed by atoms with Gasteiger partial charge in [-0.1, -0.05) is 12.1 Å². The van der Waals surface area contributed by atoms with E-state index >= 15 is 0 Å². The third-order valence-corrected chi connectivity index (χ3v) is 7.67. The van der Waals surface area contributed by atoms with Crippen LogP contribution in [-0.4, -0.2) is 74.1 Å². The minimum Gasteiger partial charge on any atom is -0.391 e. The normalized spacial score (nSPS) is 22.3. The van der Waals surface area contributed by atoms with Crippen molar-refractivity contribution in [3.63, 3.8) is 0 Å². The van der Waals surface area contributed by atoms with Crippen LogP contribution in [0.2, 0.25) is 0 Å². The van der Waals surface area contributed by atoms with Gasteiger partial charge in [0.05, 0.1) is 35.1 Å². The fourth-order valence-corrected chi connectivity index (χ4v) is 5.65. The van der Waals surface area contributed by atoms with Crippen molar-refractivity contribution in [3.05, 3.63) is 57.3 Å². The lowest BCUT2D eigenvalue weighted by Gasteiger charge is -2.34. The van der Waals surface area contributed by atoms with E-state index in [-0.39, 0.29) is 43.0 Å². The first kappa shape index (κ1) is 25.9. The van der Waals surface area contributed by atoms with Gasteiger partial charge >= 0.3 is 5.69 Å². The fraction of sp³-hybridized carbons (Fsp3) is 0.500. The van der Waals surface area contributed by atoms with Crippen molar-refractivity contribution in [1.29, 1.82) is 0 Å². The number of aromatic nitrogens is 6. The van der Waals surface area contributed by atoms with Crippen LogP contribution in [0.1, 0.15) is 38.6 Å². The number of hydrogen-bond donors (Lipinski definition) is 2. The van der Waals surface area contributed by atoms with Gasteiger partial charge in [-0.25, -0.2) is 14.8 Å². The average Bonchev–Trinajstić information content (AvgIpc) is 3.44. The molecule has 0 spiro atoms. The quantitative estimate of drug-likeness (QED) is 0.384. The van der Waals surface area contributed by atoms with Gasteiger partial charge in [0.25, 0.3) is 5.56 Å². The zero-order valence-corrected chi connectivity index (χ0v) is 22.0. The molecule has 1 fully saturated rings. The number of likely N-dealkylation sites (tertiary alicyclic amines) is 1. The van der Waals surface area contributed by atoms with Gasteiger partial charge in [0, 0.05) is 53.0 Å². The highest BCUT2D eigenvalue weighted by Gasteiger charge is 2.42. The largest absolute Gasteiger partial charge is 0.391 e. The molecule has 1 aliphatic rings. The predicted molar refractivity (Wildman–Crippen MR) is 141 cm³/mol. The molecule has 0 aliphatic carbocycles. The van der Waals surface area contributed by atoms with Crippen LogP contribution < -0.4 is 11.2 Å². The number of benzene rings is 1. The molecule has 0 unspecified atom stereocenters. The molecule has 1 amide bonds. The fourth-order valence-electron chi connectivity index (χ4n) is 5.65. The van der Waals surface area contributed by atoms with Crippen molar-refractivity contribution in [2.75, 3.05) is 13.1 Å². The highest BCUT2D eigenvalue weighted by atomic mass is 16.3. The van der Waals surface area contributed by atoms with Gasteiger partial charge in [0.1, 0.15) is 5.82 Å². The van der Waals surface area contributed by atoms with Gasteiger partial charge in [0.2, 0.25) is 5.91 Å². The van der Waals surface area contributed by atoms with E-state index in [0.29, 0.717) is 6.42 Å². The minimum atomic E-state index is -1.46. The van der Waals surface area contributed by atoms with Crippen molar-refractivity contribution in [2.45, 2.75) is 57.4 Å². The first-order chi connectivity index (χ1) is 18.0. The SMILES string of the molecule is CCn1c(CCC(=O)N2C[C@H](O)C[C@](C)(O)[C@@H](n3cnc4c3c(=O)n(C)c(=O)n4C)C2)nc2ccccc21. The summed E-state index contributed by atoms with van der Waals surface area (Å²) < 4.78 is 5.89. The van der Waals surface area contributed by atoms with Gasteiger partial charge in [-0.2, -0.15) is 0 Å². The van der Waals surface area contributed by atoms with E-state index in [1.807, 2.05) is 31.2 Å². The van der Waals surface area contributed by atoms with E-state index in [9.17, 15) is 24.6 Å². The standard InChI is InChI=1S/C26H33N7O5/c1-5-32-18-9-7-6-8-17(18)28-20(32)10-11-21(35)31-13-16(34)12-26(2,38)19(14-31)33-15-27-23-22(33)24(36)30(4)25(37)29(23)3/h6-9,15-16,19,34,38H,5,10-14H2,1-4H3/t16-,19+,26+/m1/s1. The molecule has 1 saturated heterocycles. The Morgan fingerprint density at radius 1 is 1.16 bits per heavy atom. The number of rotatable bonds is 5. The van der Waals surface area contributed by atoms with Crippen molar-refractivity contribution in [2.24, 2.45) is 14.1 Å². The van der Waals surface area contributed by atoms with E-state index in [2.05, 4.69) is 9.55 Å². The summed E-state index contributed by atoms with van der Waals surface area (Å²) in [5.41, 5.74) is -0.278. The van der Waals surface area contributed by atoms with Crippen LogP contribution in [0.25, 0.3) is 22.2 Å². The maximum atomic E-state index is 13.5. The van der Waals surface area contributed by atoms with Gasteiger partial charge < -0.3 is 24.2 Å². The Morgan fingerprint density at radius 2 is 1.89 bits per heavy atom. The molecule has 2 N–H and O–H groups in total. The molecule has 0 bridgehead atoms. The molecule has 0 saturated carbocycles. The lowest BCUT2D eigenvalue weighted by atomic mass is 9.91. The lowest BCUT2D eigenvalue weighted by Crippen LogP contribution is -2.44. The van der Waals surface area contributed by atoms with Crippen molar-refractivity contribution >= 4 is 28.1 Å². The maximum absolute atomic E-state index is 13.5. The lowest BCUT2D eigenvalue weighted by molar-refractivity contribution is -0.132. The number of aliphatic hydroxyl groups is 2. The monoisotopic (exact) mass is 523 g/mol. The van der Waals surface area contributed by atoms with Crippen LogP contribution in [0.4, 0.5) is 0 Å². The second-order valence-corrected chi connectivity index (χ2v) is 10.3. The molecule has 3 aromatic heterocycles. The highest BCUT2D eigenvalue weighted by Crippen LogP contribution is 2.33. The Balaban J connectivity index is 1.46. The number of carbonyl (C=O) groups excluding carboxylic acids is 1. The number of β-amino-alcohol motifs (C(OH)–C–C–N with tert-alkyl or cyclic N) is 1. The van der Waals surface area contributed by atoms with Crippen LogP contribution >= 0.6 is 0 Å². The number of hydrogen-bond acceptors (Lipinski definition) is 7. The number of amides is 1. The summed E-state index contributed by atoms with van der Waals surface area (Å²) in [6.07, 6.45) is 1.05. The zero-order valence-electron chi connectivity index (χ0n) is 22.0. The second kappa shape index (κ2) is 9.52. The molecule has 12 nitrogen and oxygen atoms in total. The van der Waals surface area contributed by atoms with Gasteiger partial charge in [0.15, 0.2) is 11.2 Å². The number of aryl methyl sites for hydroxylation is 3. The zero-order chi connectivity index (χ0) is 27.4. The molecule has 4 aromatic rings. The Labute approximate surface area is 218 Å². The van der Waals surface area contributed by atoms with Crippen molar-refractivity contribution < 1.29 is 15.0 Å². The van der Waals surface area contributed by atoms with Crippen LogP contribution in [0.5, 0.6) is 0 Å². The first-order valence-electron chi connectivity index (χ1n) is 12.8. The summed E-state index contributed by atoms with van der Waals surface area (Å²) in [5.74, 6) is 0.622.